The molecule has 2 saturated heterocycles. The van der Waals surface area contributed by atoms with Crippen molar-refractivity contribution in [3.8, 4) is 5.88 Å². The van der Waals surface area contributed by atoms with Gasteiger partial charge in [0, 0.05) is 0 Å². The van der Waals surface area contributed by atoms with Crippen molar-refractivity contribution in [1.29, 1.82) is 0 Å². The maximum Gasteiger partial charge on any atom is 0.475 e. The number of fused-ring (bicyclic) bond motifs is 2. The summed E-state index contributed by atoms with van der Waals surface area (Å²) in [6, 6.07) is 0. The lowest BCUT2D eigenvalue weighted by atomic mass is 9.98. The summed E-state index contributed by atoms with van der Waals surface area (Å²) in [6.07, 6.45) is -2.60. The molecule has 0 aromatic carbocycles. The standard InChI is InChI=1S/C17H23FN5O8P/c1-8(2)29-10(24)6-28-32(25)27-5-9-12(31-32)17(3,18)15(30-9)23-7-20-11-13(23)21-16(19)22-14(11)26-4/h7-9,12,15H,5-6H2,1-4H3,(H2,19,21,22)/t9-,12-,15-,17-,32-/m1/s1. The summed E-state index contributed by atoms with van der Waals surface area (Å²) >= 11 is 0. The maximum atomic E-state index is 16.0. The highest BCUT2D eigenvalue weighted by atomic mass is 31.2. The number of halogens is 1. The molecule has 0 unspecified atom stereocenters. The maximum absolute atomic E-state index is 16.0. The molecule has 5 atom stereocenters. The van der Waals surface area contributed by atoms with Crippen LogP contribution in [0.1, 0.15) is 27.0 Å². The van der Waals surface area contributed by atoms with Crippen LogP contribution < -0.4 is 10.5 Å². The summed E-state index contributed by atoms with van der Waals surface area (Å²) in [7, 11) is -2.86. The summed E-state index contributed by atoms with van der Waals surface area (Å²) in [6.45, 7) is 3.55. The molecule has 13 nitrogen and oxygen atoms in total. The molecule has 0 amide bonds. The normalized spacial score (nSPS) is 32.2. The summed E-state index contributed by atoms with van der Waals surface area (Å²) in [5.41, 5.74) is 3.94. The lowest BCUT2D eigenvalue weighted by molar-refractivity contribution is -0.151. The second kappa shape index (κ2) is 8.19. The fraction of sp³-hybridized carbons (Fsp3) is 0.647. The Morgan fingerprint density at radius 2 is 2.22 bits per heavy atom. The zero-order valence-electron chi connectivity index (χ0n) is 17.8. The minimum atomic E-state index is -4.24. The quantitative estimate of drug-likeness (QED) is 0.475. The number of methoxy groups -OCH3 is 1. The Labute approximate surface area is 181 Å². The van der Waals surface area contributed by atoms with Crippen LogP contribution in [0.25, 0.3) is 11.2 Å². The van der Waals surface area contributed by atoms with Gasteiger partial charge in [-0.2, -0.15) is 9.97 Å². The lowest BCUT2D eigenvalue weighted by Crippen LogP contribution is -2.45. The molecule has 2 aromatic rings. The van der Waals surface area contributed by atoms with E-state index in [2.05, 4.69) is 15.0 Å². The number of nitrogen functional groups attached to an aromatic ring is 1. The molecule has 4 heterocycles. The number of esters is 1. The van der Waals surface area contributed by atoms with Crippen molar-refractivity contribution in [2.24, 2.45) is 0 Å². The number of ether oxygens (including phenoxy) is 3. The number of hydrogen-bond acceptors (Lipinski definition) is 12. The van der Waals surface area contributed by atoms with Crippen molar-refractivity contribution >= 4 is 30.9 Å². The number of hydrogen-bond donors (Lipinski definition) is 1. The summed E-state index contributed by atoms with van der Waals surface area (Å²) in [5.74, 6) is -0.741. The molecule has 2 N–H and O–H groups in total. The van der Waals surface area contributed by atoms with E-state index >= 15 is 4.39 Å². The van der Waals surface area contributed by atoms with Gasteiger partial charge in [0.05, 0.1) is 26.1 Å². The molecule has 2 aliphatic rings. The molecular weight excluding hydrogens is 452 g/mol. The molecule has 0 radical (unpaired) electrons. The van der Waals surface area contributed by atoms with Gasteiger partial charge in [-0.1, -0.05) is 0 Å². The number of carbonyl (C=O) groups excluding carboxylic acids is 1. The number of phosphoric acid groups is 1. The van der Waals surface area contributed by atoms with E-state index in [-0.39, 0.29) is 35.7 Å². The van der Waals surface area contributed by atoms with Gasteiger partial charge in [0.2, 0.25) is 11.8 Å². The number of nitrogens with two attached hydrogens (primary N) is 1. The smallest absolute Gasteiger partial charge is 0.475 e. The largest absolute Gasteiger partial charge is 0.479 e. The molecule has 0 aliphatic carbocycles. The minimum Gasteiger partial charge on any atom is -0.479 e. The third-order valence-electron chi connectivity index (χ3n) is 4.88. The molecule has 2 aromatic heterocycles. The molecule has 4 rings (SSSR count). The lowest BCUT2D eigenvalue weighted by Gasteiger charge is -2.33. The van der Waals surface area contributed by atoms with E-state index < -0.39 is 44.5 Å². The highest BCUT2D eigenvalue weighted by Gasteiger charge is 2.61. The first-order valence-corrected chi connectivity index (χ1v) is 11.2. The van der Waals surface area contributed by atoms with Gasteiger partial charge in [-0.05, 0) is 20.8 Å². The topological polar surface area (TPSA) is 159 Å². The summed E-state index contributed by atoms with van der Waals surface area (Å²) in [4.78, 5) is 23.9. The number of carbonyl (C=O) groups is 1. The van der Waals surface area contributed by atoms with Crippen LogP contribution >= 0.6 is 7.82 Å². The zero-order valence-corrected chi connectivity index (χ0v) is 18.7. The van der Waals surface area contributed by atoms with Crippen LogP contribution in [0.15, 0.2) is 6.33 Å². The van der Waals surface area contributed by atoms with E-state index in [1.165, 1.54) is 24.9 Å². The average Bonchev–Trinajstić information content (AvgIpc) is 3.23. The van der Waals surface area contributed by atoms with Crippen molar-refractivity contribution < 1.29 is 41.5 Å². The van der Waals surface area contributed by atoms with Crippen molar-refractivity contribution in [3.05, 3.63) is 6.33 Å². The third-order valence-corrected chi connectivity index (χ3v) is 6.28. The Hall–Kier alpha value is -2.38. The van der Waals surface area contributed by atoms with Gasteiger partial charge in [0.25, 0.3) is 0 Å². The Balaban J connectivity index is 1.56. The van der Waals surface area contributed by atoms with Gasteiger partial charge in [-0.25, -0.2) is 18.7 Å². The molecular formula is C17H23FN5O8P. The van der Waals surface area contributed by atoms with Crippen LogP contribution in [0.2, 0.25) is 0 Å². The number of phosphoric ester groups is 1. The van der Waals surface area contributed by atoms with Crippen LogP contribution in [0.4, 0.5) is 10.3 Å². The summed E-state index contributed by atoms with van der Waals surface area (Å²) in [5, 5.41) is 0. The third kappa shape index (κ3) is 4.04. The molecule has 0 spiro atoms. The van der Waals surface area contributed by atoms with Gasteiger partial charge in [0.1, 0.15) is 12.2 Å². The zero-order chi connectivity index (χ0) is 23.3. The fourth-order valence-electron chi connectivity index (χ4n) is 3.56. The number of rotatable bonds is 6. The molecule has 32 heavy (non-hydrogen) atoms. The van der Waals surface area contributed by atoms with Crippen LogP contribution in [0.3, 0.4) is 0 Å². The number of nitrogens with zero attached hydrogens (tertiary/aromatic N) is 4. The second-order valence-corrected chi connectivity index (χ2v) is 9.30. The van der Waals surface area contributed by atoms with Crippen molar-refractivity contribution in [2.75, 3.05) is 26.1 Å². The molecule has 0 saturated carbocycles. The van der Waals surface area contributed by atoms with Gasteiger partial charge in [0.15, 0.2) is 29.7 Å². The Bertz CT molecular complexity index is 1080. The van der Waals surface area contributed by atoms with Crippen LogP contribution in [-0.2, 0) is 32.4 Å². The van der Waals surface area contributed by atoms with Gasteiger partial charge < -0.3 is 19.9 Å². The monoisotopic (exact) mass is 475 g/mol. The minimum absolute atomic E-state index is 0.0992. The first kappa shape index (κ1) is 22.8. The van der Waals surface area contributed by atoms with Gasteiger partial charge in [-0.15, -0.1) is 0 Å². The van der Waals surface area contributed by atoms with Crippen LogP contribution in [-0.4, -0.2) is 69.8 Å². The molecule has 2 aliphatic heterocycles. The Morgan fingerprint density at radius 3 is 2.91 bits per heavy atom. The van der Waals surface area contributed by atoms with Gasteiger partial charge in [-0.3, -0.25) is 18.1 Å². The van der Waals surface area contributed by atoms with Crippen molar-refractivity contribution in [1.82, 2.24) is 19.5 Å². The SMILES string of the molecule is COc1nc(N)nc2c1ncn2[C@@H]1O[C@@H]2CO[P@](=O)(OCC(=O)OC(C)C)O[C@H]2[C@@]1(C)F. The number of alkyl halides is 1. The summed E-state index contributed by atoms with van der Waals surface area (Å²) < 4.78 is 61.5. The molecule has 176 valence electrons. The van der Waals surface area contributed by atoms with E-state index in [1.807, 2.05) is 0 Å². The number of aromatic nitrogens is 4. The van der Waals surface area contributed by atoms with E-state index in [1.54, 1.807) is 13.8 Å². The fourth-order valence-corrected chi connectivity index (χ4v) is 4.97. The number of anilines is 1. The highest BCUT2D eigenvalue weighted by Crippen LogP contribution is 2.59. The molecule has 0 bridgehead atoms. The first-order valence-electron chi connectivity index (χ1n) is 9.69. The van der Waals surface area contributed by atoms with Crippen LogP contribution in [0, 0.1) is 0 Å². The predicted octanol–water partition coefficient (Wildman–Crippen LogP) is 1.53. The van der Waals surface area contributed by atoms with E-state index in [9.17, 15) is 9.36 Å². The highest BCUT2D eigenvalue weighted by molar-refractivity contribution is 7.48. The van der Waals surface area contributed by atoms with Gasteiger partial charge >= 0.3 is 13.8 Å². The van der Waals surface area contributed by atoms with Crippen molar-refractivity contribution in [2.45, 2.75) is 51.0 Å². The van der Waals surface area contributed by atoms with E-state index in [0.717, 1.165) is 0 Å². The second-order valence-electron chi connectivity index (χ2n) is 7.67. The van der Waals surface area contributed by atoms with Crippen LogP contribution in [0.5, 0.6) is 5.88 Å². The first-order chi connectivity index (χ1) is 15.0. The average molecular weight is 475 g/mol. The van der Waals surface area contributed by atoms with Crippen molar-refractivity contribution in [3.63, 3.8) is 0 Å². The molecule has 2 fully saturated rings. The van der Waals surface area contributed by atoms with E-state index in [0.29, 0.717) is 0 Å². The molecule has 15 heteroatoms. The number of imidazole rings is 1. The Morgan fingerprint density at radius 1 is 1.47 bits per heavy atom. The Kier molecular flexibility index (Phi) is 5.84. The predicted molar refractivity (Wildman–Crippen MR) is 105 cm³/mol. The van der Waals surface area contributed by atoms with E-state index in [4.69, 9.17) is 33.5 Å².